The quantitative estimate of drug-likeness (QED) is 0.480. The first-order chi connectivity index (χ1) is 12.3. The summed E-state index contributed by atoms with van der Waals surface area (Å²) in [6.07, 6.45) is 9.45. The van der Waals surface area contributed by atoms with Gasteiger partial charge in [-0.15, -0.1) is 0 Å². The highest BCUT2D eigenvalue weighted by Gasteiger charge is 2.50. The third-order valence-electron chi connectivity index (χ3n) is 6.48. The number of ether oxygens (including phenoxy) is 2. The zero-order chi connectivity index (χ0) is 19.7. The van der Waals surface area contributed by atoms with Crippen molar-refractivity contribution in [2.24, 2.45) is 5.73 Å². The van der Waals surface area contributed by atoms with Crippen molar-refractivity contribution in [1.82, 2.24) is 0 Å². The Morgan fingerprint density at radius 3 is 2.50 bits per heavy atom. The Balaban J connectivity index is 3.02. The van der Waals surface area contributed by atoms with E-state index in [0.717, 1.165) is 49.0 Å². The highest BCUT2D eigenvalue weighted by molar-refractivity contribution is 6.80. The summed E-state index contributed by atoms with van der Waals surface area (Å²) in [7, 11) is -0.429. The van der Waals surface area contributed by atoms with Gasteiger partial charge in [-0.3, -0.25) is 4.79 Å². The molecule has 1 amide bonds. The van der Waals surface area contributed by atoms with Crippen molar-refractivity contribution in [3.8, 4) is 0 Å². The minimum Gasteiger partial charge on any atom is -0.378 e. The van der Waals surface area contributed by atoms with E-state index in [1.807, 2.05) is 6.92 Å². The maximum Gasteiger partial charge on any atom is 0.249 e. The fourth-order valence-corrected chi connectivity index (χ4v) is 8.69. The first kappa shape index (κ1) is 23.9. The smallest absolute Gasteiger partial charge is 0.249 e. The van der Waals surface area contributed by atoms with Crippen LogP contribution in [-0.2, 0) is 14.3 Å². The maximum atomic E-state index is 12.4. The van der Waals surface area contributed by atoms with Crippen LogP contribution in [0.1, 0.15) is 71.6 Å². The van der Waals surface area contributed by atoms with E-state index in [1.165, 1.54) is 31.4 Å². The Hall–Kier alpha value is -0.176. The van der Waals surface area contributed by atoms with E-state index in [9.17, 15) is 4.79 Å². The molecule has 26 heavy (non-hydrogen) atoms. The van der Waals surface area contributed by atoms with Crippen LogP contribution in [-0.4, -0.2) is 48.3 Å². The third kappa shape index (κ3) is 5.91. The fraction of sp³-hybridized carbons (Fsp3) is 0.950. The number of carbonyl (C=O) groups is 1. The summed E-state index contributed by atoms with van der Waals surface area (Å²) in [5.41, 5.74) is 5.06. The average Bonchev–Trinajstić information content (AvgIpc) is 2.63. The SMILES string of the molecule is CCCC[Si](C)(C)C1(CCC(CCC[SiH3])(OCC)C(N)=O)CCCCO1. The molecule has 0 radical (unpaired) electrons. The van der Waals surface area contributed by atoms with Crippen molar-refractivity contribution in [3.63, 3.8) is 0 Å². The van der Waals surface area contributed by atoms with Crippen LogP contribution in [0.3, 0.4) is 0 Å². The summed E-state index contributed by atoms with van der Waals surface area (Å²) < 4.78 is 12.6. The Labute approximate surface area is 165 Å². The van der Waals surface area contributed by atoms with Crippen LogP contribution in [0, 0.1) is 0 Å². The van der Waals surface area contributed by atoms with E-state index in [1.54, 1.807) is 0 Å². The summed E-state index contributed by atoms with van der Waals surface area (Å²) in [5, 5.41) is -0.0286. The van der Waals surface area contributed by atoms with Gasteiger partial charge in [0.2, 0.25) is 5.91 Å². The minimum atomic E-state index is -1.59. The molecule has 0 aromatic carbocycles. The van der Waals surface area contributed by atoms with Crippen molar-refractivity contribution in [3.05, 3.63) is 0 Å². The molecule has 2 atom stereocenters. The molecule has 0 aromatic rings. The molecular weight excluding hydrogens is 358 g/mol. The molecule has 2 unspecified atom stereocenters. The molecule has 4 nitrogen and oxygen atoms in total. The van der Waals surface area contributed by atoms with Gasteiger partial charge in [0.1, 0.15) is 5.60 Å². The molecule has 0 spiro atoms. The maximum absolute atomic E-state index is 12.4. The van der Waals surface area contributed by atoms with Crippen LogP contribution < -0.4 is 5.73 Å². The zero-order valence-corrected chi connectivity index (χ0v) is 21.0. The van der Waals surface area contributed by atoms with Gasteiger partial charge in [0.25, 0.3) is 0 Å². The number of amides is 1. The normalized spacial score (nSPS) is 23.7. The highest BCUT2D eigenvalue weighted by atomic mass is 28.3. The van der Waals surface area contributed by atoms with Crippen molar-refractivity contribution in [2.75, 3.05) is 13.2 Å². The van der Waals surface area contributed by atoms with Crippen LogP contribution >= 0.6 is 0 Å². The second-order valence-electron chi connectivity index (χ2n) is 8.68. The molecule has 2 N–H and O–H groups in total. The van der Waals surface area contributed by atoms with E-state index in [0.29, 0.717) is 13.0 Å². The summed E-state index contributed by atoms with van der Waals surface area (Å²) in [5.74, 6) is -0.284. The average molecular weight is 402 g/mol. The van der Waals surface area contributed by atoms with Gasteiger partial charge in [-0.25, -0.2) is 0 Å². The van der Waals surface area contributed by atoms with Crippen LogP contribution in [0.25, 0.3) is 0 Å². The van der Waals surface area contributed by atoms with Crippen molar-refractivity contribution in [1.29, 1.82) is 0 Å². The second kappa shape index (κ2) is 11.0. The molecule has 0 aromatic heterocycles. The van der Waals surface area contributed by atoms with Crippen LogP contribution in [0.2, 0.25) is 25.2 Å². The molecule has 1 fully saturated rings. The Bertz CT molecular complexity index is 425. The lowest BCUT2D eigenvalue weighted by Crippen LogP contribution is -2.59. The van der Waals surface area contributed by atoms with Crippen LogP contribution in [0.15, 0.2) is 0 Å². The van der Waals surface area contributed by atoms with E-state index in [2.05, 4.69) is 20.0 Å². The van der Waals surface area contributed by atoms with Crippen molar-refractivity contribution < 1.29 is 14.3 Å². The van der Waals surface area contributed by atoms with Gasteiger partial charge >= 0.3 is 0 Å². The molecule has 0 saturated carbocycles. The van der Waals surface area contributed by atoms with Gasteiger partial charge in [0.05, 0.1) is 13.3 Å². The molecule has 0 aliphatic carbocycles. The summed E-state index contributed by atoms with van der Waals surface area (Å²) in [6, 6.07) is 2.47. The molecule has 1 rings (SSSR count). The Morgan fingerprint density at radius 1 is 1.27 bits per heavy atom. The molecule has 154 valence electrons. The minimum absolute atomic E-state index is 0.0286. The number of rotatable bonds is 13. The van der Waals surface area contributed by atoms with Gasteiger partial charge in [-0.2, -0.15) is 0 Å². The van der Waals surface area contributed by atoms with E-state index < -0.39 is 13.7 Å². The standard InChI is InChI=1S/C20H43NO3Si2/c1-5-7-17-26(3,4)20(12-8-9-15-24-20)14-13-19(18(21)22,23-6-2)11-10-16-25/h5-17H2,1-4,25H3,(H2,21,22). The summed E-state index contributed by atoms with van der Waals surface area (Å²) in [6.45, 7) is 10.6. The van der Waals surface area contributed by atoms with E-state index in [-0.39, 0.29) is 11.1 Å². The predicted molar refractivity (Wildman–Crippen MR) is 116 cm³/mol. The molecular formula is C20H43NO3Si2. The number of carbonyl (C=O) groups excluding carboxylic acids is 1. The number of unbranched alkanes of at least 4 members (excludes halogenated alkanes) is 1. The molecule has 6 heteroatoms. The Kier molecular flexibility index (Phi) is 10.1. The van der Waals surface area contributed by atoms with Crippen LogP contribution in [0.5, 0.6) is 0 Å². The van der Waals surface area contributed by atoms with Gasteiger partial charge in [-0.1, -0.05) is 51.4 Å². The third-order valence-corrected chi connectivity index (χ3v) is 11.9. The molecule has 1 heterocycles. The molecule has 1 aliphatic heterocycles. The Morgan fingerprint density at radius 2 is 2.00 bits per heavy atom. The van der Waals surface area contributed by atoms with Gasteiger partial charge < -0.3 is 15.2 Å². The van der Waals surface area contributed by atoms with Crippen molar-refractivity contribution in [2.45, 2.75) is 108 Å². The molecule has 0 bridgehead atoms. The fourth-order valence-electron chi connectivity index (χ4n) is 4.50. The number of nitrogens with two attached hydrogens (primary N) is 1. The lowest BCUT2D eigenvalue weighted by Gasteiger charge is -2.49. The first-order valence-electron chi connectivity index (χ1n) is 10.9. The van der Waals surface area contributed by atoms with Gasteiger partial charge in [-0.05, 0) is 45.4 Å². The monoisotopic (exact) mass is 401 g/mol. The topological polar surface area (TPSA) is 61.5 Å². The second-order valence-corrected chi connectivity index (χ2v) is 14.9. The van der Waals surface area contributed by atoms with E-state index >= 15 is 0 Å². The summed E-state index contributed by atoms with van der Waals surface area (Å²) in [4.78, 5) is 12.4. The predicted octanol–water partition coefficient (Wildman–Crippen LogP) is 3.58. The van der Waals surface area contributed by atoms with Crippen molar-refractivity contribution >= 4 is 24.2 Å². The zero-order valence-electron chi connectivity index (χ0n) is 18.0. The van der Waals surface area contributed by atoms with Gasteiger partial charge in [0, 0.05) is 23.5 Å². The van der Waals surface area contributed by atoms with E-state index in [4.69, 9.17) is 15.2 Å². The highest BCUT2D eigenvalue weighted by Crippen LogP contribution is 2.42. The largest absolute Gasteiger partial charge is 0.378 e. The molecule has 1 aliphatic rings. The first-order valence-corrected chi connectivity index (χ1v) is 15.5. The number of hydrogen-bond donors (Lipinski definition) is 1. The molecule has 1 saturated heterocycles. The van der Waals surface area contributed by atoms with Crippen LogP contribution in [0.4, 0.5) is 0 Å². The lowest BCUT2D eigenvalue weighted by molar-refractivity contribution is -0.148. The number of hydrogen-bond acceptors (Lipinski definition) is 3. The lowest BCUT2D eigenvalue weighted by atomic mass is 9.88. The number of primary amides is 1. The summed E-state index contributed by atoms with van der Waals surface area (Å²) >= 11 is 0. The van der Waals surface area contributed by atoms with Gasteiger partial charge in [0.15, 0.2) is 0 Å².